The molecule has 2 nitrogen and oxygen atoms in total. The third kappa shape index (κ3) is 4.02. The van der Waals surface area contributed by atoms with Gasteiger partial charge in [-0.3, -0.25) is 0 Å². The van der Waals surface area contributed by atoms with Crippen LogP contribution in [0.3, 0.4) is 0 Å². The molecule has 0 bridgehead atoms. The molecule has 102 valence electrons. The van der Waals surface area contributed by atoms with Gasteiger partial charge in [-0.15, -0.1) is 0 Å². The molecule has 0 fully saturated rings. The van der Waals surface area contributed by atoms with Crippen LogP contribution in [-0.4, -0.2) is 23.9 Å². The van der Waals surface area contributed by atoms with Gasteiger partial charge < -0.3 is 10.4 Å². The minimum Gasteiger partial charge on any atom is -0.382 e. The van der Waals surface area contributed by atoms with Gasteiger partial charge in [-0.2, -0.15) is 13.2 Å². The molecule has 0 amide bonds. The quantitative estimate of drug-likeness (QED) is 0.891. The fraction of sp³-hybridized carbons (Fsp3) is 0.455. The van der Waals surface area contributed by atoms with E-state index in [2.05, 4.69) is 5.32 Å². The van der Waals surface area contributed by atoms with Gasteiger partial charge in [-0.1, -0.05) is 35.3 Å². The van der Waals surface area contributed by atoms with Crippen LogP contribution in [0.4, 0.5) is 13.2 Å². The van der Waals surface area contributed by atoms with E-state index < -0.39 is 24.9 Å². The SMILES string of the molecule is CC(NCC(O)C(F)(F)F)c1cccc(Cl)c1Cl. The highest BCUT2D eigenvalue weighted by Crippen LogP contribution is 2.30. The van der Waals surface area contributed by atoms with Gasteiger partial charge in [0.25, 0.3) is 0 Å². The van der Waals surface area contributed by atoms with E-state index in [-0.39, 0.29) is 0 Å². The maximum Gasteiger partial charge on any atom is 0.415 e. The lowest BCUT2D eigenvalue weighted by Gasteiger charge is -2.20. The van der Waals surface area contributed by atoms with Crippen LogP contribution >= 0.6 is 23.2 Å². The van der Waals surface area contributed by atoms with Crippen molar-refractivity contribution >= 4 is 23.2 Å². The maximum absolute atomic E-state index is 12.1. The van der Waals surface area contributed by atoms with Crippen LogP contribution in [0.1, 0.15) is 18.5 Å². The molecule has 0 aromatic heterocycles. The summed E-state index contributed by atoms with van der Waals surface area (Å²) in [5.41, 5.74) is 0.582. The lowest BCUT2D eigenvalue weighted by molar-refractivity contribution is -0.202. The van der Waals surface area contributed by atoms with Gasteiger partial charge in [0.15, 0.2) is 6.10 Å². The van der Waals surface area contributed by atoms with Crippen molar-refractivity contribution in [3.63, 3.8) is 0 Å². The first-order valence-electron chi connectivity index (χ1n) is 5.15. The van der Waals surface area contributed by atoms with Crippen molar-refractivity contribution in [3.05, 3.63) is 33.8 Å². The standard InChI is InChI=1S/C11H12Cl2F3NO/c1-6(17-5-9(18)11(14,15)16)7-3-2-4-8(12)10(7)13/h2-4,6,9,17-18H,5H2,1H3. The van der Waals surface area contributed by atoms with E-state index in [4.69, 9.17) is 28.3 Å². The predicted molar refractivity (Wildman–Crippen MR) is 64.9 cm³/mol. The molecular weight excluding hydrogens is 290 g/mol. The van der Waals surface area contributed by atoms with E-state index >= 15 is 0 Å². The highest BCUT2D eigenvalue weighted by atomic mass is 35.5. The highest BCUT2D eigenvalue weighted by molar-refractivity contribution is 6.42. The summed E-state index contributed by atoms with van der Waals surface area (Å²) in [5.74, 6) is 0. The van der Waals surface area contributed by atoms with Crippen molar-refractivity contribution in [3.8, 4) is 0 Å². The van der Waals surface area contributed by atoms with E-state index in [0.29, 0.717) is 15.6 Å². The zero-order valence-electron chi connectivity index (χ0n) is 9.43. The number of hydrogen-bond donors (Lipinski definition) is 2. The van der Waals surface area contributed by atoms with Gasteiger partial charge in [0, 0.05) is 12.6 Å². The third-order valence-electron chi connectivity index (χ3n) is 2.44. The van der Waals surface area contributed by atoms with Gasteiger partial charge in [-0.25, -0.2) is 0 Å². The first-order chi connectivity index (χ1) is 8.23. The summed E-state index contributed by atoms with van der Waals surface area (Å²) >= 11 is 11.7. The fourth-order valence-corrected chi connectivity index (χ4v) is 1.84. The number of rotatable bonds is 4. The second-order valence-electron chi connectivity index (χ2n) is 3.83. The summed E-state index contributed by atoms with van der Waals surface area (Å²) in [4.78, 5) is 0. The lowest BCUT2D eigenvalue weighted by atomic mass is 10.1. The number of aliphatic hydroxyl groups excluding tert-OH is 1. The number of hydrogen-bond acceptors (Lipinski definition) is 2. The second kappa shape index (κ2) is 6.10. The first kappa shape index (κ1) is 15.6. The molecule has 0 saturated carbocycles. The Morgan fingerprint density at radius 2 is 1.94 bits per heavy atom. The molecule has 1 aromatic carbocycles. The maximum atomic E-state index is 12.1. The summed E-state index contributed by atoms with van der Waals surface area (Å²) in [6.45, 7) is 1.04. The van der Waals surface area contributed by atoms with Crippen LogP contribution in [-0.2, 0) is 0 Å². The predicted octanol–water partition coefficient (Wildman–Crippen LogP) is 3.57. The van der Waals surface area contributed by atoms with E-state index in [9.17, 15) is 13.2 Å². The zero-order valence-corrected chi connectivity index (χ0v) is 10.9. The Balaban J connectivity index is 2.66. The molecule has 0 spiro atoms. The lowest BCUT2D eigenvalue weighted by Crippen LogP contribution is -2.39. The first-order valence-corrected chi connectivity index (χ1v) is 5.91. The molecular formula is C11H12Cl2F3NO. The van der Waals surface area contributed by atoms with Crippen LogP contribution in [0.5, 0.6) is 0 Å². The molecule has 7 heteroatoms. The van der Waals surface area contributed by atoms with Crippen LogP contribution in [0, 0.1) is 0 Å². The number of halogens is 5. The largest absolute Gasteiger partial charge is 0.415 e. The monoisotopic (exact) mass is 301 g/mol. The Bertz CT molecular complexity index is 412. The molecule has 0 aliphatic carbocycles. The Hall–Kier alpha value is -0.490. The fourth-order valence-electron chi connectivity index (χ4n) is 1.37. The van der Waals surface area contributed by atoms with Gasteiger partial charge in [0.2, 0.25) is 0 Å². The van der Waals surface area contributed by atoms with E-state index in [1.807, 2.05) is 0 Å². The summed E-state index contributed by atoms with van der Waals surface area (Å²) in [5, 5.41) is 12.0. The molecule has 0 heterocycles. The average Bonchev–Trinajstić information content (AvgIpc) is 2.27. The van der Waals surface area contributed by atoms with Crippen molar-refractivity contribution in [2.75, 3.05) is 6.54 Å². The van der Waals surface area contributed by atoms with E-state index in [1.165, 1.54) is 0 Å². The van der Waals surface area contributed by atoms with Crippen molar-refractivity contribution in [2.24, 2.45) is 0 Å². The third-order valence-corrected chi connectivity index (χ3v) is 3.28. The van der Waals surface area contributed by atoms with Crippen LogP contribution in [0.25, 0.3) is 0 Å². The number of alkyl halides is 3. The van der Waals surface area contributed by atoms with Crippen molar-refractivity contribution in [1.29, 1.82) is 0 Å². The summed E-state index contributed by atoms with van der Waals surface area (Å²) in [6.07, 6.45) is -7.04. The molecule has 18 heavy (non-hydrogen) atoms. The van der Waals surface area contributed by atoms with Crippen molar-refractivity contribution < 1.29 is 18.3 Å². The van der Waals surface area contributed by atoms with E-state index in [1.54, 1.807) is 25.1 Å². The van der Waals surface area contributed by atoms with Crippen molar-refractivity contribution in [2.45, 2.75) is 25.2 Å². The Kier molecular flexibility index (Phi) is 5.28. The molecule has 1 aromatic rings. The molecule has 1 rings (SSSR count). The second-order valence-corrected chi connectivity index (χ2v) is 4.62. The number of benzene rings is 1. The van der Waals surface area contributed by atoms with Crippen LogP contribution in [0.15, 0.2) is 18.2 Å². The minimum atomic E-state index is -4.63. The highest BCUT2D eigenvalue weighted by Gasteiger charge is 2.38. The molecule has 0 saturated heterocycles. The van der Waals surface area contributed by atoms with Crippen LogP contribution in [0.2, 0.25) is 10.0 Å². The molecule has 2 unspecified atom stereocenters. The summed E-state index contributed by atoms with van der Waals surface area (Å²) < 4.78 is 36.3. The van der Waals surface area contributed by atoms with Gasteiger partial charge in [0.1, 0.15) is 0 Å². The molecule has 0 aliphatic heterocycles. The van der Waals surface area contributed by atoms with Crippen LogP contribution < -0.4 is 5.32 Å². The number of aliphatic hydroxyl groups is 1. The van der Waals surface area contributed by atoms with E-state index in [0.717, 1.165) is 0 Å². The topological polar surface area (TPSA) is 32.3 Å². The molecule has 0 radical (unpaired) electrons. The smallest absolute Gasteiger partial charge is 0.382 e. The number of nitrogens with one attached hydrogen (secondary N) is 1. The minimum absolute atomic E-state index is 0.292. The zero-order chi connectivity index (χ0) is 13.9. The van der Waals surface area contributed by atoms with Gasteiger partial charge >= 0.3 is 6.18 Å². The summed E-state index contributed by atoms with van der Waals surface area (Å²) in [6, 6.07) is 4.45. The van der Waals surface area contributed by atoms with Gasteiger partial charge in [0.05, 0.1) is 10.0 Å². The molecule has 2 N–H and O–H groups in total. The van der Waals surface area contributed by atoms with Gasteiger partial charge in [-0.05, 0) is 18.6 Å². The normalized spacial score (nSPS) is 15.5. The summed E-state index contributed by atoms with van der Waals surface area (Å²) in [7, 11) is 0. The Morgan fingerprint density at radius 3 is 2.50 bits per heavy atom. The molecule has 0 aliphatic rings. The Morgan fingerprint density at radius 1 is 1.33 bits per heavy atom. The Labute approximate surface area is 113 Å². The average molecular weight is 302 g/mol. The van der Waals surface area contributed by atoms with Crippen molar-refractivity contribution in [1.82, 2.24) is 5.32 Å². The molecule has 2 atom stereocenters.